The van der Waals surface area contributed by atoms with Crippen LogP contribution in [0.15, 0.2) is 30.5 Å². The number of aromatic hydroxyl groups is 1. The van der Waals surface area contributed by atoms with Crippen LogP contribution in [0.1, 0.15) is 44.6 Å². The fourth-order valence-electron chi connectivity index (χ4n) is 9.14. The van der Waals surface area contributed by atoms with Gasteiger partial charge >= 0.3 is 6.01 Å². The second-order valence-corrected chi connectivity index (χ2v) is 14.2. The number of nitrogens with zero attached hydrogens (tertiary/aromatic N) is 5. The van der Waals surface area contributed by atoms with Gasteiger partial charge in [0.25, 0.3) is 5.92 Å². The Balaban J connectivity index is 1.29. The van der Waals surface area contributed by atoms with E-state index in [1.807, 2.05) is 0 Å². The number of ether oxygens (including phenoxy) is 1. The molecule has 9 nitrogen and oxygen atoms in total. The zero-order valence-corrected chi connectivity index (χ0v) is 27.7. The van der Waals surface area contributed by atoms with Crippen LogP contribution in [0.3, 0.4) is 0 Å². The highest BCUT2D eigenvalue weighted by molar-refractivity contribution is 6.02. The van der Waals surface area contributed by atoms with Crippen LogP contribution >= 0.6 is 0 Å². The van der Waals surface area contributed by atoms with Gasteiger partial charge in [0.2, 0.25) is 5.91 Å². The van der Waals surface area contributed by atoms with Crippen LogP contribution in [-0.4, -0.2) is 88.3 Å². The van der Waals surface area contributed by atoms with Crippen molar-refractivity contribution in [2.75, 3.05) is 44.7 Å². The van der Waals surface area contributed by atoms with E-state index in [9.17, 15) is 14.3 Å². The molecule has 14 heteroatoms. The van der Waals surface area contributed by atoms with Gasteiger partial charge in [0.05, 0.1) is 10.9 Å². The summed E-state index contributed by atoms with van der Waals surface area (Å²) in [6.07, 6.45) is 2.52. The van der Waals surface area contributed by atoms with Crippen LogP contribution in [0, 0.1) is 23.0 Å². The maximum absolute atomic E-state index is 17.0. The Labute approximate surface area is 284 Å². The van der Waals surface area contributed by atoms with Gasteiger partial charge in [-0.1, -0.05) is 13.0 Å². The number of carbonyl (C=O) groups is 1. The molecule has 2 N–H and O–H groups in total. The number of fused-ring (bicyclic) bond motifs is 5. The molecule has 2 aromatic heterocycles. The molecule has 1 amide bonds. The van der Waals surface area contributed by atoms with Gasteiger partial charge in [0.15, 0.2) is 5.82 Å². The van der Waals surface area contributed by atoms with Crippen molar-refractivity contribution in [2.24, 2.45) is 11.3 Å². The third-order valence-corrected chi connectivity index (χ3v) is 11.6. The Morgan fingerprint density at radius 1 is 1.16 bits per heavy atom. The number of pyridine rings is 1. The minimum absolute atomic E-state index is 0.0341. The number of phenolic OH excluding ortho intramolecular Hbond substituents is 1. The standard InChI is InChI=1S/C36H37F5N6O3/c1-3-23-26(38)6-5-19-11-22(48)12-24(27(19)23)29-28(39)30-25(14-43-29)31(46-15-20-7-9-35(17-46,32(49)42-2)36(20,40)41)45-33(44-30)50-18-34-8-4-10-47(34)16-21(37)13-34/h5-6,11-12,14,20-21,48H,3-4,7-10,13,15-18H2,1-2H3,(H,42,49)/t20-,21-,34+,35+/m1/s1. The van der Waals surface area contributed by atoms with E-state index in [1.54, 1.807) is 11.8 Å². The Morgan fingerprint density at radius 3 is 2.76 bits per heavy atom. The number of aromatic nitrogens is 3. The van der Waals surface area contributed by atoms with Gasteiger partial charge in [-0.25, -0.2) is 22.0 Å². The van der Waals surface area contributed by atoms with Crippen molar-refractivity contribution in [3.05, 3.63) is 47.7 Å². The van der Waals surface area contributed by atoms with Crippen molar-refractivity contribution >= 4 is 33.4 Å². The SMILES string of the molecule is CCc1c(F)ccc2cc(O)cc(-c3ncc4c(N5C[C@H]6CC[C@@](C(=O)NC)(C5)C6(F)F)nc(OC[C@@]56CCCN5C[C@H](F)C6)nc4c3F)c12. The molecule has 50 heavy (non-hydrogen) atoms. The number of alkyl halides is 3. The molecule has 264 valence electrons. The molecule has 4 aromatic rings. The van der Waals surface area contributed by atoms with Crippen LogP contribution < -0.4 is 15.0 Å². The molecule has 3 saturated heterocycles. The average Bonchev–Trinajstić information content (AvgIpc) is 3.63. The number of anilines is 1. The molecular formula is C36H37F5N6O3. The van der Waals surface area contributed by atoms with Gasteiger partial charge in [0, 0.05) is 50.8 Å². The Kier molecular flexibility index (Phi) is 7.63. The predicted octanol–water partition coefficient (Wildman–Crippen LogP) is 5.94. The number of amides is 1. The van der Waals surface area contributed by atoms with Gasteiger partial charge in [-0.15, -0.1) is 0 Å². The molecular weight excluding hydrogens is 659 g/mol. The van der Waals surface area contributed by atoms with Gasteiger partial charge in [-0.3, -0.25) is 14.7 Å². The summed E-state index contributed by atoms with van der Waals surface area (Å²) in [5.74, 6) is -6.72. The van der Waals surface area contributed by atoms with E-state index in [4.69, 9.17) is 4.74 Å². The molecule has 1 aliphatic carbocycles. The van der Waals surface area contributed by atoms with E-state index in [2.05, 4.69) is 25.2 Å². The van der Waals surface area contributed by atoms with Crippen molar-refractivity contribution in [3.63, 3.8) is 0 Å². The molecule has 3 aliphatic heterocycles. The van der Waals surface area contributed by atoms with Crippen LogP contribution in [-0.2, 0) is 11.2 Å². The molecule has 2 bridgehead atoms. The molecule has 2 aromatic carbocycles. The number of piperidine rings is 1. The lowest BCUT2D eigenvalue weighted by Gasteiger charge is -2.45. The summed E-state index contributed by atoms with van der Waals surface area (Å²) in [4.78, 5) is 30.2. The fraction of sp³-hybridized carbons (Fsp3) is 0.500. The van der Waals surface area contributed by atoms with E-state index >= 15 is 17.6 Å². The maximum atomic E-state index is 17.0. The number of phenols is 1. The summed E-state index contributed by atoms with van der Waals surface area (Å²) in [5.41, 5.74) is -2.57. The number of benzene rings is 2. The first-order valence-electron chi connectivity index (χ1n) is 17.1. The maximum Gasteiger partial charge on any atom is 0.319 e. The number of rotatable bonds is 7. The largest absolute Gasteiger partial charge is 0.508 e. The third-order valence-electron chi connectivity index (χ3n) is 11.6. The Hall–Kier alpha value is -4.33. The van der Waals surface area contributed by atoms with E-state index in [0.717, 1.165) is 13.0 Å². The van der Waals surface area contributed by atoms with Crippen LogP contribution in [0.2, 0.25) is 0 Å². The quantitative estimate of drug-likeness (QED) is 0.229. The monoisotopic (exact) mass is 696 g/mol. The lowest BCUT2D eigenvalue weighted by atomic mass is 9.77. The predicted molar refractivity (Wildman–Crippen MR) is 176 cm³/mol. The molecule has 0 unspecified atom stereocenters. The number of aryl methyl sites for hydroxylation is 1. The number of carbonyl (C=O) groups excluding carboxylic acids is 1. The summed E-state index contributed by atoms with van der Waals surface area (Å²) in [6, 6.07) is 5.33. The van der Waals surface area contributed by atoms with Gasteiger partial charge in [-0.05, 0) is 73.2 Å². The normalized spacial score (nSPS) is 27.3. The highest BCUT2D eigenvalue weighted by atomic mass is 19.3. The molecule has 0 radical (unpaired) electrons. The first-order chi connectivity index (χ1) is 23.9. The molecule has 8 rings (SSSR count). The van der Waals surface area contributed by atoms with Crippen molar-refractivity contribution in [2.45, 2.75) is 63.1 Å². The molecule has 4 fully saturated rings. The van der Waals surface area contributed by atoms with Crippen molar-refractivity contribution in [3.8, 4) is 23.0 Å². The molecule has 4 aliphatic rings. The van der Waals surface area contributed by atoms with E-state index in [-0.39, 0.29) is 85.1 Å². The van der Waals surface area contributed by atoms with Crippen molar-refractivity contribution in [1.82, 2.24) is 25.2 Å². The van der Waals surface area contributed by atoms with Gasteiger partial charge < -0.3 is 20.1 Å². The summed E-state index contributed by atoms with van der Waals surface area (Å²) in [6.45, 7) is 2.28. The number of hydrogen-bond donors (Lipinski definition) is 2. The van der Waals surface area contributed by atoms with Gasteiger partial charge in [0.1, 0.15) is 46.8 Å². The minimum atomic E-state index is -3.28. The van der Waals surface area contributed by atoms with E-state index in [0.29, 0.717) is 29.3 Å². The zero-order chi connectivity index (χ0) is 35.2. The van der Waals surface area contributed by atoms with E-state index < -0.39 is 46.5 Å². The lowest BCUT2D eigenvalue weighted by Crippen LogP contribution is -2.62. The second kappa shape index (κ2) is 11.6. The Bertz CT molecular complexity index is 2050. The Morgan fingerprint density at radius 2 is 1.98 bits per heavy atom. The van der Waals surface area contributed by atoms with Crippen LogP contribution in [0.4, 0.5) is 27.8 Å². The van der Waals surface area contributed by atoms with E-state index in [1.165, 1.54) is 37.5 Å². The molecule has 0 spiro atoms. The van der Waals surface area contributed by atoms with Gasteiger partial charge in [-0.2, -0.15) is 9.97 Å². The number of nitrogens with one attached hydrogen (secondary N) is 1. The van der Waals surface area contributed by atoms with Crippen LogP contribution in [0.5, 0.6) is 11.8 Å². The molecule has 5 heterocycles. The fourth-order valence-corrected chi connectivity index (χ4v) is 9.14. The third kappa shape index (κ3) is 4.73. The first-order valence-corrected chi connectivity index (χ1v) is 17.1. The topological polar surface area (TPSA) is 104 Å². The molecule has 1 saturated carbocycles. The van der Waals surface area contributed by atoms with Crippen molar-refractivity contribution in [1.29, 1.82) is 0 Å². The zero-order valence-electron chi connectivity index (χ0n) is 27.7. The summed E-state index contributed by atoms with van der Waals surface area (Å²) in [7, 11) is 1.32. The minimum Gasteiger partial charge on any atom is -0.508 e. The highest BCUT2D eigenvalue weighted by Crippen LogP contribution is 2.58. The van der Waals surface area contributed by atoms with Crippen molar-refractivity contribution < 1.29 is 36.6 Å². The lowest BCUT2D eigenvalue weighted by molar-refractivity contribution is -0.165. The summed E-state index contributed by atoms with van der Waals surface area (Å²) >= 11 is 0. The molecule has 4 atom stereocenters. The number of halogens is 5. The highest BCUT2D eigenvalue weighted by Gasteiger charge is 2.69. The smallest absolute Gasteiger partial charge is 0.319 e. The average molecular weight is 697 g/mol. The second-order valence-electron chi connectivity index (χ2n) is 14.2. The first kappa shape index (κ1) is 32.9. The number of hydrogen-bond acceptors (Lipinski definition) is 8. The summed E-state index contributed by atoms with van der Waals surface area (Å²) in [5, 5.41) is 14.0. The summed E-state index contributed by atoms with van der Waals surface area (Å²) < 4.78 is 84.2. The van der Waals surface area contributed by atoms with Crippen LogP contribution in [0.25, 0.3) is 32.9 Å².